The molecule has 0 aliphatic carbocycles. The van der Waals surface area contributed by atoms with Gasteiger partial charge in [0.15, 0.2) is 0 Å². The highest BCUT2D eigenvalue weighted by Crippen LogP contribution is 2.24. The fraction of sp³-hybridized carbons (Fsp3) is 0.273. The molecule has 16 heavy (non-hydrogen) atoms. The molecule has 5 heteroatoms. The lowest BCUT2D eigenvalue weighted by atomic mass is 10.2. The fourth-order valence-corrected chi connectivity index (χ4v) is 1.66. The summed E-state index contributed by atoms with van der Waals surface area (Å²) < 4.78 is 0.664. The summed E-state index contributed by atoms with van der Waals surface area (Å²) >= 11 is 3.27. The number of hydrogen-bond acceptors (Lipinski definition) is 3. The molecule has 1 atom stereocenters. The lowest BCUT2D eigenvalue weighted by Gasteiger charge is -2.23. The number of nitriles is 1. The molecule has 1 rings (SSSR count). The maximum absolute atomic E-state index is 10.8. The van der Waals surface area contributed by atoms with Crippen molar-refractivity contribution in [3.05, 3.63) is 28.2 Å². The van der Waals surface area contributed by atoms with Gasteiger partial charge in [-0.15, -0.1) is 0 Å². The molecule has 4 nitrogen and oxygen atoms in total. The second kappa shape index (κ2) is 4.99. The maximum Gasteiger partial charge on any atom is 0.326 e. The van der Waals surface area contributed by atoms with Gasteiger partial charge in [0.25, 0.3) is 0 Å². The number of aliphatic carboxylic acids is 1. The van der Waals surface area contributed by atoms with Crippen molar-refractivity contribution in [2.45, 2.75) is 13.0 Å². The molecule has 0 spiro atoms. The van der Waals surface area contributed by atoms with E-state index in [1.807, 2.05) is 6.07 Å². The molecule has 0 radical (unpaired) electrons. The minimum atomic E-state index is -0.886. The van der Waals surface area contributed by atoms with Gasteiger partial charge in [0.05, 0.1) is 5.56 Å². The Balaban J connectivity index is 3.02. The molecule has 1 unspecified atom stereocenters. The Morgan fingerprint density at radius 1 is 1.62 bits per heavy atom. The average Bonchev–Trinajstić information content (AvgIpc) is 2.26. The van der Waals surface area contributed by atoms with E-state index in [1.165, 1.54) is 0 Å². The van der Waals surface area contributed by atoms with Crippen LogP contribution < -0.4 is 4.90 Å². The number of likely N-dealkylation sites (N-methyl/N-ethyl adjacent to an activating group) is 1. The van der Waals surface area contributed by atoms with Crippen molar-refractivity contribution in [3.63, 3.8) is 0 Å². The van der Waals surface area contributed by atoms with Crippen LogP contribution in [0, 0.1) is 11.3 Å². The van der Waals surface area contributed by atoms with Crippen LogP contribution in [0.25, 0.3) is 0 Å². The first-order chi connectivity index (χ1) is 7.47. The van der Waals surface area contributed by atoms with Crippen LogP contribution in [0.2, 0.25) is 0 Å². The molecule has 0 aromatic heterocycles. The van der Waals surface area contributed by atoms with Crippen LogP contribution in [-0.4, -0.2) is 24.2 Å². The average molecular weight is 283 g/mol. The Morgan fingerprint density at radius 3 is 2.69 bits per heavy atom. The topological polar surface area (TPSA) is 64.3 Å². The Labute approximate surface area is 102 Å². The van der Waals surface area contributed by atoms with E-state index < -0.39 is 12.0 Å². The standard InChI is InChI=1S/C11H11BrN2O2/c1-7(11(15)16)14(2)9-4-3-8(6-13)10(12)5-9/h3-5,7H,1-2H3,(H,15,16). The van der Waals surface area contributed by atoms with E-state index in [9.17, 15) is 4.79 Å². The van der Waals surface area contributed by atoms with Gasteiger partial charge in [0.1, 0.15) is 12.1 Å². The summed E-state index contributed by atoms with van der Waals surface area (Å²) in [5.41, 5.74) is 1.28. The third-order valence-electron chi connectivity index (χ3n) is 2.42. The van der Waals surface area contributed by atoms with Crippen LogP contribution in [0.3, 0.4) is 0 Å². The third-order valence-corrected chi connectivity index (χ3v) is 3.07. The first kappa shape index (κ1) is 12.5. The van der Waals surface area contributed by atoms with Crippen molar-refractivity contribution < 1.29 is 9.90 Å². The Hall–Kier alpha value is -1.54. The lowest BCUT2D eigenvalue weighted by molar-refractivity contribution is -0.138. The van der Waals surface area contributed by atoms with Crippen molar-refractivity contribution in [3.8, 4) is 6.07 Å². The van der Waals surface area contributed by atoms with E-state index in [4.69, 9.17) is 10.4 Å². The highest BCUT2D eigenvalue weighted by atomic mass is 79.9. The van der Waals surface area contributed by atoms with Crippen LogP contribution in [0.15, 0.2) is 22.7 Å². The smallest absolute Gasteiger partial charge is 0.326 e. The number of hydrogen-bond donors (Lipinski definition) is 1. The molecule has 0 aliphatic heterocycles. The van der Waals surface area contributed by atoms with Gasteiger partial charge in [0.2, 0.25) is 0 Å². The molecule has 0 aliphatic rings. The predicted molar refractivity (Wildman–Crippen MR) is 64.4 cm³/mol. The number of carbonyl (C=O) groups is 1. The lowest BCUT2D eigenvalue weighted by Crippen LogP contribution is -2.35. The zero-order chi connectivity index (χ0) is 12.3. The molecule has 0 saturated heterocycles. The van der Waals surface area contributed by atoms with Gasteiger partial charge in [-0.25, -0.2) is 4.79 Å². The van der Waals surface area contributed by atoms with Gasteiger partial charge in [-0.2, -0.15) is 5.26 Å². The molecule has 0 bridgehead atoms. The number of halogens is 1. The molecular formula is C11H11BrN2O2. The number of carboxylic acids is 1. The summed E-state index contributed by atoms with van der Waals surface area (Å²) in [5.74, 6) is -0.886. The summed E-state index contributed by atoms with van der Waals surface area (Å²) in [5, 5.41) is 17.6. The number of nitrogens with zero attached hydrogens (tertiary/aromatic N) is 2. The summed E-state index contributed by atoms with van der Waals surface area (Å²) in [6.07, 6.45) is 0. The summed E-state index contributed by atoms with van der Waals surface area (Å²) in [6, 6.07) is 6.54. The number of rotatable bonds is 3. The van der Waals surface area contributed by atoms with E-state index in [1.54, 1.807) is 37.1 Å². The normalized spacial score (nSPS) is 11.6. The molecule has 1 aromatic rings. The van der Waals surface area contributed by atoms with Crippen LogP contribution in [0.4, 0.5) is 5.69 Å². The van der Waals surface area contributed by atoms with Gasteiger partial charge in [-0.1, -0.05) is 0 Å². The van der Waals surface area contributed by atoms with Crippen LogP contribution in [-0.2, 0) is 4.79 Å². The van der Waals surface area contributed by atoms with Crippen molar-refractivity contribution >= 4 is 27.6 Å². The van der Waals surface area contributed by atoms with E-state index in [0.717, 1.165) is 5.69 Å². The van der Waals surface area contributed by atoms with Crippen molar-refractivity contribution in [2.75, 3.05) is 11.9 Å². The number of carboxylic acid groups (broad SMARTS) is 1. The molecule has 1 aromatic carbocycles. The zero-order valence-electron chi connectivity index (χ0n) is 8.94. The second-order valence-corrected chi connectivity index (χ2v) is 4.26. The number of anilines is 1. The fourth-order valence-electron chi connectivity index (χ4n) is 1.20. The Bertz CT molecular complexity index is 454. The quantitative estimate of drug-likeness (QED) is 0.923. The SMILES string of the molecule is CC(C(=O)O)N(C)c1ccc(C#N)c(Br)c1. The van der Waals surface area contributed by atoms with Crippen molar-refractivity contribution in [1.82, 2.24) is 0 Å². The molecule has 0 heterocycles. The maximum atomic E-state index is 10.8. The molecule has 0 fully saturated rings. The van der Waals surface area contributed by atoms with E-state index in [0.29, 0.717) is 10.0 Å². The first-order valence-electron chi connectivity index (χ1n) is 4.62. The summed E-state index contributed by atoms with van der Waals surface area (Å²) in [7, 11) is 1.70. The first-order valence-corrected chi connectivity index (χ1v) is 5.42. The molecule has 84 valence electrons. The monoisotopic (exact) mass is 282 g/mol. The van der Waals surface area contributed by atoms with Gasteiger partial charge in [-0.3, -0.25) is 0 Å². The molecule has 0 amide bonds. The zero-order valence-corrected chi connectivity index (χ0v) is 10.5. The minimum absolute atomic E-state index is 0.528. The van der Waals surface area contributed by atoms with Gasteiger partial charge in [-0.05, 0) is 41.1 Å². The van der Waals surface area contributed by atoms with Gasteiger partial charge < -0.3 is 10.0 Å². The van der Waals surface area contributed by atoms with Crippen LogP contribution in [0.1, 0.15) is 12.5 Å². The molecule has 0 saturated carbocycles. The van der Waals surface area contributed by atoms with Gasteiger partial charge >= 0.3 is 5.97 Å². The van der Waals surface area contributed by atoms with Crippen LogP contribution in [0.5, 0.6) is 0 Å². The largest absolute Gasteiger partial charge is 0.480 e. The molecule has 1 N–H and O–H groups in total. The van der Waals surface area contributed by atoms with E-state index >= 15 is 0 Å². The summed E-state index contributed by atoms with van der Waals surface area (Å²) in [6.45, 7) is 1.61. The molecular weight excluding hydrogens is 272 g/mol. The summed E-state index contributed by atoms with van der Waals surface area (Å²) in [4.78, 5) is 12.4. The van der Waals surface area contributed by atoms with Crippen molar-refractivity contribution in [2.24, 2.45) is 0 Å². The minimum Gasteiger partial charge on any atom is -0.480 e. The van der Waals surface area contributed by atoms with Gasteiger partial charge in [0, 0.05) is 17.2 Å². The van der Waals surface area contributed by atoms with Crippen LogP contribution >= 0.6 is 15.9 Å². The Morgan fingerprint density at radius 2 is 2.25 bits per heavy atom. The number of benzene rings is 1. The van der Waals surface area contributed by atoms with E-state index in [2.05, 4.69) is 15.9 Å². The second-order valence-electron chi connectivity index (χ2n) is 3.40. The highest BCUT2D eigenvalue weighted by Gasteiger charge is 2.17. The third kappa shape index (κ3) is 2.52. The van der Waals surface area contributed by atoms with Crippen molar-refractivity contribution in [1.29, 1.82) is 5.26 Å². The van der Waals surface area contributed by atoms with E-state index in [-0.39, 0.29) is 0 Å². The Kier molecular flexibility index (Phi) is 3.91. The predicted octanol–water partition coefficient (Wildman–Crippen LogP) is 2.23. The highest BCUT2D eigenvalue weighted by molar-refractivity contribution is 9.10.